The van der Waals surface area contributed by atoms with Crippen LogP contribution >= 0.6 is 0 Å². The van der Waals surface area contributed by atoms with Crippen LogP contribution in [-0.4, -0.2) is 41.2 Å². The van der Waals surface area contributed by atoms with E-state index in [-0.39, 0.29) is 24.0 Å². The summed E-state index contributed by atoms with van der Waals surface area (Å²) in [5.41, 5.74) is 4.31. The van der Waals surface area contributed by atoms with E-state index in [0.717, 1.165) is 34.9 Å². The molecule has 2 heterocycles. The lowest BCUT2D eigenvalue weighted by atomic mass is 9.74. The maximum absolute atomic E-state index is 12.2. The number of piperidine rings is 1. The predicted molar refractivity (Wildman–Crippen MR) is 91.3 cm³/mol. The Morgan fingerprint density at radius 3 is 2.79 bits per heavy atom. The minimum atomic E-state index is -0.313. The van der Waals surface area contributed by atoms with E-state index in [1.54, 1.807) is 16.4 Å². The number of methoxy groups -OCH3 is 1. The van der Waals surface area contributed by atoms with E-state index in [2.05, 4.69) is 12.6 Å². The van der Waals surface area contributed by atoms with Crippen LogP contribution in [0, 0.1) is 0 Å². The second-order valence-corrected chi connectivity index (χ2v) is 6.71. The van der Waals surface area contributed by atoms with E-state index in [1.807, 2.05) is 18.3 Å². The molecule has 2 atom stereocenters. The summed E-state index contributed by atoms with van der Waals surface area (Å²) in [6.07, 6.45) is 3.21. The van der Waals surface area contributed by atoms with Crippen molar-refractivity contribution in [3.63, 3.8) is 0 Å². The molecule has 0 unspecified atom stereocenters. The first-order valence-corrected chi connectivity index (χ1v) is 8.16. The largest absolute Gasteiger partial charge is 0.453 e. The molecule has 0 radical (unpaired) electrons. The van der Waals surface area contributed by atoms with E-state index in [1.165, 1.54) is 12.7 Å². The van der Waals surface area contributed by atoms with Crippen LogP contribution in [0.15, 0.2) is 36.5 Å². The molecule has 24 heavy (non-hydrogen) atoms. The smallest absolute Gasteiger partial charge is 0.410 e. The molecule has 1 amide bonds. The highest BCUT2D eigenvalue weighted by Crippen LogP contribution is 2.45. The quantitative estimate of drug-likeness (QED) is 0.698. The molecule has 0 saturated carbocycles. The van der Waals surface area contributed by atoms with Gasteiger partial charge < -0.3 is 9.64 Å². The van der Waals surface area contributed by atoms with Crippen molar-refractivity contribution in [1.82, 2.24) is 9.47 Å². The summed E-state index contributed by atoms with van der Waals surface area (Å²) in [5.74, 6) is 0.201. The Hall–Kier alpha value is -2.56. The van der Waals surface area contributed by atoms with Crippen LogP contribution in [0.2, 0.25) is 0 Å². The number of fused-ring (bicyclic) bond motifs is 2. The first-order valence-electron chi connectivity index (χ1n) is 8.16. The standard InChI is InChI=1S/C19H20N2O3/c1-11-7-15-14-5-4-6-16-18(14)13(10-20(16)12(2)22)8-17(15)21(9-11)19(23)24-3/h4-6,10,15,17H,1,7-9H2,2-3H3/t15-,17-/m1/s1. The third-order valence-corrected chi connectivity index (χ3v) is 5.28. The van der Waals surface area contributed by atoms with Crippen molar-refractivity contribution in [2.45, 2.75) is 31.7 Å². The van der Waals surface area contributed by atoms with Gasteiger partial charge in [0.15, 0.2) is 0 Å². The maximum Gasteiger partial charge on any atom is 0.410 e. The minimum Gasteiger partial charge on any atom is -0.453 e. The number of amides is 1. The Labute approximate surface area is 140 Å². The number of carbonyl (C=O) groups is 2. The Bertz CT molecular complexity index is 880. The molecule has 0 bridgehead atoms. The molecule has 4 rings (SSSR count). The summed E-state index contributed by atoms with van der Waals surface area (Å²) >= 11 is 0. The van der Waals surface area contributed by atoms with Gasteiger partial charge in [-0.25, -0.2) is 4.79 Å². The van der Waals surface area contributed by atoms with Crippen LogP contribution in [0.25, 0.3) is 10.9 Å². The molecular weight excluding hydrogens is 304 g/mol. The lowest BCUT2D eigenvalue weighted by molar-refractivity contribution is 0.0917. The van der Waals surface area contributed by atoms with Gasteiger partial charge in [-0.3, -0.25) is 9.36 Å². The van der Waals surface area contributed by atoms with Gasteiger partial charge in [0.25, 0.3) is 0 Å². The van der Waals surface area contributed by atoms with Crippen LogP contribution < -0.4 is 0 Å². The second-order valence-electron chi connectivity index (χ2n) is 6.71. The average Bonchev–Trinajstić information content (AvgIpc) is 2.95. The topological polar surface area (TPSA) is 51.5 Å². The molecule has 1 aromatic carbocycles. The van der Waals surface area contributed by atoms with Gasteiger partial charge in [0.2, 0.25) is 5.91 Å². The molecule has 1 aliphatic carbocycles. The summed E-state index contributed by atoms with van der Waals surface area (Å²) in [6, 6.07) is 6.13. The molecule has 124 valence electrons. The number of carbonyl (C=O) groups excluding carboxylic acids is 2. The van der Waals surface area contributed by atoms with Crippen LogP contribution in [0.1, 0.15) is 35.2 Å². The predicted octanol–water partition coefficient (Wildman–Crippen LogP) is 3.34. The van der Waals surface area contributed by atoms with Crippen molar-refractivity contribution in [2.75, 3.05) is 13.7 Å². The van der Waals surface area contributed by atoms with E-state index in [9.17, 15) is 9.59 Å². The number of hydrogen-bond acceptors (Lipinski definition) is 3. The molecule has 5 nitrogen and oxygen atoms in total. The number of benzene rings is 1. The van der Waals surface area contributed by atoms with Crippen LogP contribution in [0.3, 0.4) is 0 Å². The number of nitrogens with zero attached hydrogens (tertiary/aromatic N) is 2. The van der Waals surface area contributed by atoms with Crippen LogP contribution in [0.5, 0.6) is 0 Å². The Kier molecular flexibility index (Phi) is 3.27. The summed E-state index contributed by atoms with van der Waals surface area (Å²) in [4.78, 5) is 26.0. The van der Waals surface area contributed by atoms with E-state index >= 15 is 0 Å². The lowest BCUT2D eigenvalue weighted by Crippen LogP contribution is -2.50. The van der Waals surface area contributed by atoms with Gasteiger partial charge in [-0.05, 0) is 30.0 Å². The maximum atomic E-state index is 12.2. The van der Waals surface area contributed by atoms with Crippen molar-refractivity contribution in [1.29, 1.82) is 0 Å². The molecule has 5 heteroatoms. The molecule has 0 spiro atoms. The number of aromatic nitrogens is 1. The molecule has 2 aliphatic rings. The number of likely N-dealkylation sites (tertiary alicyclic amines) is 1. The number of hydrogen-bond donors (Lipinski definition) is 0. The van der Waals surface area contributed by atoms with Crippen LogP contribution in [-0.2, 0) is 11.2 Å². The van der Waals surface area contributed by atoms with E-state index in [4.69, 9.17) is 4.74 Å². The van der Waals surface area contributed by atoms with Gasteiger partial charge in [-0.2, -0.15) is 0 Å². The normalized spacial score (nSPS) is 22.4. The molecular formula is C19H20N2O3. The minimum absolute atomic E-state index is 0.00232. The molecule has 1 fully saturated rings. The molecule has 1 saturated heterocycles. The van der Waals surface area contributed by atoms with Gasteiger partial charge in [-0.1, -0.05) is 24.3 Å². The summed E-state index contributed by atoms with van der Waals surface area (Å²) in [7, 11) is 1.41. The fourth-order valence-electron chi connectivity index (χ4n) is 4.32. The fraction of sp³-hybridized carbons (Fsp3) is 0.368. The first-order chi connectivity index (χ1) is 11.5. The highest BCUT2D eigenvalue weighted by Gasteiger charge is 2.41. The van der Waals surface area contributed by atoms with Crippen molar-refractivity contribution in [2.24, 2.45) is 0 Å². The summed E-state index contributed by atoms with van der Waals surface area (Å²) in [6.45, 7) is 6.22. The zero-order valence-electron chi connectivity index (χ0n) is 13.9. The monoisotopic (exact) mass is 324 g/mol. The van der Waals surface area contributed by atoms with Crippen molar-refractivity contribution in [3.8, 4) is 0 Å². The average molecular weight is 324 g/mol. The summed E-state index contributed by atoms with van der Waals surface area (Å²) < 4.78 is 6.69. The zero-order chi connectivity index (χ0) is 17.0. The number of ether oxygens (including phenoxy) is 1. The molecule has 1 aliphatic heterocycles. The van der Waals surface area contributed by atoms with Crippen molar-refractivity contribution >= 4 is 22.9 Å². The van der Waals surface area contributed by atoms with Gasteiger partial charge in [-0.15, -0.1) is 0 Å². The van der Waals surface area contributed by atoms with Gasteiger partial charge in [0.1, 0.15) is 0 Å². The Morgan fingerprint density at radius 2 is 2.08 bits per heavy atom. The lowest BCUT2D eigenvalue weighted by Gasteiger charge is -2.44. The van der Waals surface area contributed by atoms with Gasteiger partial charge in [0.05, 0.1) is 12.6 Å². The highest BCUT2D eigenvalue weighted by atomic mass is 16.5. The molecule has 0 N–H and O–H groups in total. The Morgan fingerprint density at radius 1 is 1.29 bits per heavy atom. The van der Waals surface area contributed by atoms with E-state index in [0.29, 0.717) is 6.54 Å². The SMILES string of the molecule is C=C1C[C@@H]2c3cccc4c3c(cn4C(C)=O)C[C@H]2N(C(=O)OC)C1. The van der Waals surface area contributed by atoms with E-state index < -0.39 is 0 Å². The fourth-order valence-corrected chi connectivity index (χ4v) is 4.32. The summed E-state index contributed by atoms with van der Waals surface area (Å²) in [5, 5.41) is 1.16. The molecule has 2 aromatic rings. The third kappa shape index (κ3) is 2.00. The zero-order valence-corrected chi connectivity index (χ0v) is 13.9. The van der Waals surface area contributed by atoms with Gasteiger partial charge >= 0.3 is 6.09 Å². The van der Waals surface area contributed by atoms with Gasteiger partial charge in [0, 0.05) is 37.0 Å². The van der Waals surface area contributed by atoms with Crippen LogP contribution in [0.4, 0.5) is 4.79 Å². The van der Waals surface area contributed by atoms with Crippen molar-refractivity contribution in [3.05, 3.63) is 47.7 Å². The second kappa shape index (κ2) is 5.23. The highest BCUT2D eigenvalue weighted by molar-refractivity contribution is 5.96. The molecule has 1 aromatic heterocycles. The first kappa shape index (κ1) is 15.0. The number of rotatable bonds is 0. The van der Waals surface area contributed by atoms with Crippen molar-refractivity contribution < 1.29 is 14.3 Å². The third-order valence-electron chi connectivity index (χ3n) is 5.28. The Balaban J connectivity index is 1.90.